The van der Waals surface area contributed by atoms with Crippen LogP contribution < -0.4 is 0 Å². The van der Waals surface area contributed by atoms with E-state index in [1.165, 1.54) is 0 Å². The van der Waals surface area contributed by atoms with Crippen molar-refractivity contribution < 1.29 is 5.11 Å². The van der Waals surface area contributed by atoms with Crippen LogP contribution in [0.15, 0.2) is 84.6 Å². The van der Waals surface area contributed by atoms with E-state index in [4.69, 9.17) is 0 Å². The van der Waals surface area contributed by atoms with Gasteiger partial charge in [-0.2, -0.15) is 0 Å². The fourth-order valence-electron chi connectivity index (χ4n) is 2.17. The van der Waals surface area contributed by atoms with Gasteiger partial charge in [-0.25, -0.2) is 0 Å². The summed E-state index contributed by atoms with van der Waals surface area (Å²) in [4.78, 5) is 0. The van der Waals surface area contributed by atoms with Crippen LogP contribution in [-0.4, -0.2) is 15.3 Å². The summed E-state index contributed by atoms with van der Waals surface area (Å²) in [5.74, 6) is -0.0681. The second kappa shape index (κ2) is 7.63. The van der Waals surface area contributed by atoms with Crippen molar-refractivity contribution in [2.24, 2.45) is 0 Å². The average Bonchev–Trinajstić information content (AvgIpc) is 2.53. The fraction of sp³-hybridized carbons (Fsp3) is 0.111. The zero-order chi connectivity index (χ0) is 14.2. The van der Waals surface area contributed by atoms with Crippen molar-refractivity contribution in [2.45, 2.75) is 12.0 Å². The first-order chi connectivity index (χ1) is 9.83. The van der Waals surface area contributed by atoms with Crippen molar-refractivity contribution in [1.82, 2.24) is 0 Å². The Morgan fingerprint density at radius 3 is 1.90 bits per heavy atom. The molecule has 0 saturated heterocycles. The first-order valence-electron chi connectivity index (χ1n) is 6.61. The molecule has 20 heavy (non-hydrogen) atoms. The molecule has 0 unspecified atom stereocenters. The molecule has 0 amide bonds. The maximum atomic E-state index is 10.6. The summed E-state index contributed by atoms with van der Waals surface area (Å²) in [5.41, 5.74) is 3.81. The second-order valence-corrected chi connectivity index (χ2v) is 4.87. The number of hydrogen-bond acceptors (Lipinski definition) is 1. The first kappa shape index (κ1) is 14.5. The molecule has 2 aromatic rings. The SMILES string of the molecule is O[C@H](c1ccccc1)[C@H](/C=C\C=C\[Si])c1ccccc1. The predicted octanol–water partition coefficient (Wildman–Crippen LogP) is 3.74. The van der Waals surface area contributed by atoms with Crippen molar-refractivity contribution in [1.29, 1.82) is 0 Å². The molecule has 3 radical (unpaired) electrons. The van der Waals surface area contributed by atoms with Gasteiger partial charge in [0.1, 0.15) is 0 Å². The van der Waals surface area contributed by atoms with Crippen LogP contribution in [0.25, 0.3) is 0 Å². The van der Waals surface area contributed by atoms with Crippen molar-refractivity contribution in [3.63, 3.8) is 0 Å². The first-order valence-corrected chi connectivity index (χ1v) is 7.19. The second-order valence-electron chi connectivity index (χ2n) is 4.54. The predicted molar refractivity (Wildman–Crippen MR) is 84.6 cm³/mol. The molecule has 1 nitrogen and oxygen atoms in total. The number of hydrogen-bond donors (Lipinski definition) is 1. The van der Waals surface area contributed by atoms with Crippen molar-refractivity contribution >= 4 is 10.2 Å². The Bertz CT molecular complexity index is 560. The van der Waals surface area contributed by atoms with Gasteiger partial charge in [-0.15, -0.1) is 5.70 Å². The highest BCUT2D eigenvalue weighted by molar-refractivity contribution is 6.17. The van der Waals surface area contributed by atoms with Crippen LogP contribution in [0.4, 0.5) is 0 Å². The molecule has 0 saturated carbocycles. The lowest BCUT2D eigenvalue weighted by atomic mass is 9.89. The third-order valence-electron chi connectivity index (χ3n) is 3.19. The molecule has 0 fully saturated rings. The molecule has 99 valence electrons. The van der Waals surface area contributed by atoms with E-state index in [9.17, 15) is 5.11 Å². The molecule has 0 spiro atoms. The van der Waals surface area contributed by atoms with Crippen molar-refractivity contribution in [3.05, 3.63) is 95.7 Å². The van der Waals surface area contributed by atoms with Gasteiger partial charge < -0.3 is 5.11 Å². The quantitative estimate of drug-likeness (QED) is 0.652. The fourth-order valence-corrected chi connectivity index (χ4v) is 2.28. The number of benzene rings is 2. The monoisotopic (exact) mass is 277 g/mol. The molecule has 2 rings (SSSR count). The van der Waals surface area contributed by atoms with Crippen LogP contribution in [0.1, 0.15) is 23.1 Å². The van der Waals surface area contributed by atoms with Gasteiger partial charge in [0.15, 0.2) is 0 Å². The molecule has 0 aliphatic heterocycles. The normalized spacial score (nSPS) is 14.7. The van der Waals surface area contributed by atoms with Crippen LogP contribution in [-0.2, 0) is 0 Å². The van der Waals surface area contributed by atoms with Crippen molar-refractivity contribution in [3.8, 4) is 0 Å². The van der Waals surface area contributed by atoms with Gasteiger partial charge in [0, 0.05) is 5.92 Å². The molecule has 1 N–H and O–H groups in total. The van der Waals surface area contributed by atoms with E-state index in [-0.39, 0.29) is 5.92 Å². The zero-order valence-corrected chi connectivity index (χ0v) is 12.2. The van der Waals surface area contributed by atoms with E-state index in [1.807, 2.05) is 78.9 Å². The number of aliphatic hydroxyl groups excluding tert-OH is 1. The van der Waals surface area contributed by atoms with E-state index >= 15 is 0 Å². The molecular weight excluding hydrogens is 260 g/mol. The Morgan fingerprint density at radius 2 is 1.35 bits per heavy atom. The van der Waals surface area contributed by atoms with Gasteiger partial charge >= 0.3 is 0 Å². The minimum Gasteiger partial charge on any atom is -0.387 e. The van der Waals surface area contributed by atoms with Gasteiger partial charge in [0.2, 0.25) is 0 Å². The van der Waals surface area contributed by atoms with Crippen LogP contribution in [0.3, 0.4) is 0 Å². The third-order valence-corrected chi connectivity index (χ3v) is 3.38. The molecule has 0 heterocycles. The van der Waals surface area contributed by atoms with E-state index < -0.39 is 6.10 Å². The lowest BCUT2D eigenvalue weighted by molar-refractivity contribution is 0.162. The van der Waals surface area contributed by atoms with Crippen LogP contribution in [0.2, 0.25) is 0 Å². The molecule has 0 bridgehead atoms. The van der Waals surface area contributed by atoms with Crippen LogP contribution in [0.5, 0.6) is 0 Å². The minimum atomic E-state index is -0.557. The largest absolute Gasteiger partial charge is 0.387 e. The summed E-state index contributed by atoms with van der Waals surface area (Å²) in [6.45, 7) is 0. The van der Waals surface area contributed by atoms with Gasteiger partial charge in [0.25, 0.3) is 0 Å². The lowest BCUT2D eigenvalue weighted by Gasteiger charge is -2.20. The van der Waals surface area contributed by atoms with E-state index in [1.54, 1.807) is 5.70 Å². The van der Waals surface area contributed by atoms with Crippen molar-refractivity contribution in [2.75, 3.05) is 0 Å². The molecule has 2 heteroatoms. The number of aliphatic hydroxyl groups is 1. The average molecular weight is 277 g/mol. The van der Waals surface area contributed by atoms with Crippen LogP contribution in [0, 0.1) is 0 Å². The summed E-state index contributed by atoms with van der Waals surface area (Å²) in [6, 6.07) is 19.8. The van der Waals surface area contributed by atoms with Gasteiger partial charge in [-0.05, 0) is 11.1 Å². The summed E-state index contributed by atoms with van der Waals surface area (Å²) in [7, 11) is 3.29. The van der Waals surface area contributed by atoms with Gasteiger partial charge in [0.05, 0.1) is 16.3 Å². The highest BCUT2D eigenvalue weighted by atomic mass is 28.1. The third kappa shape index (κ3) is 3.79. The highest BCUT2D eigenvalue weighted by Gasteiger charge is 2.19. The maximum Gasteiger partial charge on any atom is 0.0893 e. The molecule has 2 atom stereocenters. The molecule has 0 aliphatic rings. The lowest BCUT2D eigenvalue weighted by Crippen LogP contribution is -2.08. The maximum absolute atomic E-state index is 10.6. The Hall–Kier alpha value is -1.90. The summed E-state index contributed by atoms with van der Waals surface area (Å²) in [6.07, 6.45) is 5.29. The Kier molecular flexibility index (Phi) is 5.53. The summed E-state index contributed by atoms with van der Waals surface area (Å²) in [5, 5.41) is 10.6. The topological polar surface area (TPSA) is 20.2 Å². The smallest absolute Gasteiger partial charge is 0.0893 e. The van der Waals surface area contributed by atoms with E-state index in [0.717, 1.165) is 11.1 Å². The summed E-state index contributed by atoms with van der Waals surface area (Å²) >= 11 is 0. The molecule has 0 aromatic heterocycles. The Morgan fingerprint density at radius 1 is 0.800 bits per heavy atom. The Balaban J connectivity index is 2.31. The standard InChI is InChI=1S/C18H17OSi/c19-18(16-11-5-2-6-12-16)17(13-7-8-14-20)15-9-3-1-4-10-15/h1-14,17-19H/b13-7-,14-8+/t17-,18-/m1/s1. The number of allylic oxidation sites excluding steroid dienone is 2. The minimum absolute atomic E-state index is 0.0681. The van der Waals surface area contributed by atoms with E-state index in [0.29, 0.717) is 0 Å². The molecule has 0 aliphatic carbocycles. The van der Waals surface area contributed by atoms with Gasteiger partial charge in [-0.3, -0.25) is 0 Å². The highest BCUT2D eigenvalue weighted by Crippen LogP contribution is 2.31. The number of rotatable bonds is 5. The van der Waals surface area contributed by atoms with Crippen LogP contribution >= 0.6 is 0 Å². The van der Waals surface area contributed by atoms with E-state index in [2.05, 4.69) is 10.2 Å². The molecule has 2 aromatic carbocycles. The van der Waals surface area contributed by atoms with Gasteiger partial charge in [-0.1, -0.05) is 78.9 Å². The Labute approximate surface area is 123 Å². The zero-order valence-electron chi connectivity index (χ0n) is 11.2. The summed E-state index contributed by atoms with van der Waals surface area (Å²) < 4.78 is 0. The molecular formula is C18H17OSi.